The molecule has 0 saturated heterocycles. The van der Waals surface area contributed by atoms with E-state index in [2.05, 4.69) is 4.90 Å². The van der Waals surface area contributed by atoms with Crippen molar-refractivity contribution in [2.24, 2.45) is 0 Å². The van der Waals surface area contributed by atoms with Crippen LogP contribution in [0.1, 0.15) is 16.7 Å². The van der Waals surface area contributed by atoms with Gasteiger partial charge in [-0.05, 0) is 59.0 Å². The molecule has 3 aromatic carbocycles. The van der Waals surface area contributed by atoms with Crippen molar-refractivity contribution in [1.82, 2.24) is 4.90 Å². The van der Waals surface area contributed by atoms with Crippen molar-refractivity contribution < 1.29 is 19.5 Å². The maximum absolute atomic E-state index is 11.7. The van der Waals surface area contributed by atoms with Gasteiger partial charge in [-0.1, -0.05) is 18.2 Å². The first-order valence-electron chi connectivity index (χ1n) is 10.0. The number of phenolic OH excluding ortho intramolecular Hbond substituents is 1. The minimum Gasteiger partial charge on any atom is -0.508 e. The number of hydrogen-bond donors (Lipinski definition) is 1. The summed E-state index contributed by atoms with van der Waals surface area (Å²) < 4.78 is 10.8. The van der Waals surface area contributed by atoms with E-state index in [1.54, 1.807) is 38.5 Å². The summed E-state index contributed by atoms with van der Waals surface area (Å²) in [5, 5.41) is 21.2. The highest BCUT2D eigenvalue weighted by Gasteiger charge is 2.21. The Balaban J connectivity index is 1.57. The molecule has 0 aromatic heterocycles. The van der Waals surface area contributed by atoms with Gasteiger partial charge in [-0.25, -0.2) is 0 Å². The lowest BCUT2D eigenvalue weighted by Gasteiger charge is -2.29. The van der Waals surface area contributed by atoms with Gasteiger partial charge in [-0.3, -0.25) is 15.0 Å². The van der Waals surface area contributed by atoms with Crippen molar-refractivity contribution in [2.45, 2.75) is 19.5 Å². The van der Waals surface area contributed by atoms with Crippen LogP contribution in [0.15, 0.2) is 54.6 Å². The predicted molar refractivity (Wildman–Crippen MR) is 118 cm³/mol. The lowest BCUT2D eigenvalue weighted by molar-refractivity contribution is -0.384. The van der Waals surface area contributed by atoms with Crippen LogP contribution in [0.25, 0.3) is 11.1 Å². The summed E-state index contributed by atoms with van der Waals surface area (Å²) in [7, 11) is 3.26. The molecule has 7 heteroatoms. The van der Waals surface area contributed by atoms with Crippen molar-refractivity contribution in [3.8, 4) is 28.4 Å². The quantitative estimate of drug-likeness (QED) is 0.465. The van der Waals surface area contributed by atoms with E-state index in [9.17, 15) is 15.2 Å². The molecule has 0 aliphatic carbocycles. The summed E-state index contributed by atoms with van der Waals surface area (Å²) in [5.74, 6) is 1.56. The second-order valence-corrected chi connectivity index (χ2v) is 7.59. The number of benzene rings is 3. The number of fused-ring (bicyclic) bond motifs is 1. The molecule has 31 heavy (non-hydrogen) atoms. The highest BCUT2D eigenvalue weighted by atomic mass is 16.6. The van der Waals surface area contributed by atoms with Gasteiger partial charge in [0.05, 0.1) is 24.7 Å². The topological polar surface area (TPSA) is 85.1 Å². The zero-order valence-electron chi connectivity index (χ0n) is 17.5. The zero-order valence-corrected chi connectivity index (χ0v) is 17.5. The van der Waals surface area contributed by atoms with Gasteiger partial charge in [0.2, 0.25) is 0 Å². The van der Waals surface area contributed by atoms with Gasteiger partial charge in [0, 0.05) is 25.7 Å². The maximum atomic E-state index is 11.7. The molecule has 0 amide bonds. The Morgan fingerprint density at radius 3 is 2.32 bits per heavy atom. The average Bonchev–Trinajstić information content (AvgIpc) is 2.78. The zero-order chi connectivity index (χ0) is 22.0. The van der Waals surface area contributed by atoms with Crippen molar-refractivity contribution in [3.05, 3.63) is 81.4 Å². The molecular formula is C24H24N2O5. The van der Waals surface area contributed by atoms with Crippen LogP contribution in [0.5, 0.6) is 17.2 Å². The Kier molecular flexibility index (Phi) is 5.77. The minimum atomic E-state index is -0.353. The number of ether oxygens (including phenoxy) is 2. The molecule has 0 saturated carbocycles. The van der Waals surface area contributed by atoms with Gasteiger partial charge in [-0.15, -0.1) is 0 Å². The van der Waals surface area contributed by atoms with E-state index in [-0.39, 0.29) is 16.4 Å². The third-order valence-electron chi connectivity index (χ3n) is 5.64. The minimum absolute atomic E-state index is 0.0620. The second-order valence-electron chi connectivity index (χ2n) is 7.59. The molecule has 4 rings (SSSR count). The SMILES string of the molecule is COc1cc2c(cc1OC)CN(Cc1ccc(-c3ccc(O)cc3)c([N+](=O)[O-])c1)CC2. The first-order chi connectivity index (χ1) is 15.0. The van der Waals surface area contributed by atoms with E-state index in [1.807, 2.05) is 18.2 Å². The lowest BCUT2D eigenvalue weighted by atomic mass is 9.97. The summed E-state index contributed by atoms with van der Waals surface area (Å²) in [6, 6.07) is 15.8. The Morgan fingerprint density at radius 1 is 1.00 bits per heavy atom. The van der Waals surface area contributed by atoms with E-state index in [0.717, 1.165) is 30.8 Å². The number of aromatic hydroxyl groups is 1. The van der Waals surface area contributed by atoms with E-state index in [4.69, 9.17) is 9.47 Å². The standard InChI is InChI=1S/C24H24N2O5/c1-30-23-12-18-9-10-25(15-19(18)13-24(23)31-2)14-16-3-8-21(22(11-16)26(28)29)17-4-6-20(27)7-5-17/h3-8,11-13,27H,9-10,14-15H2,1-2H3. The van der Waals surface area contributed by atoms with Crippen LogP contribution < -0.4 is 9.47 Å². The smallest absolute Gasteiger partial charge is 0.277 e. The second kappa shape index (κ2) is 8.65. The molecule has 1 aliphatic rings. The Bertz CT molecular complexity index is 1110. The highest BCUT2D eigenvalue weighted by Crippen LogP contribution is 2.35. The monoisotopic (exact) mass is 420 g/mol. The molecule has 1 N–H and O–H groups in total. The van der Waals surface area contributed by atoms with Crippen molar-refractivity contribution in [1.29, 1.82) is 0 Å². The summed E-state index contributed by atoms with van der Waals surface area (Å²) in [5.41, 5.74) is 4.60. The van der Waals surface area contributed by atoms with Crippen molar-refractivity contribution in [2.75, 3.05) is 20.8 Å². The first kappa shape index (κ1) is 20.7. The molecule has 0 unspecified atom stereocenters. The molecule has 7 nitrogen and oxygen atoms in total. The van der Waals surface area contributed by atoms with Gasteiger partial charge >= 0.3 is 0 Å². The molecule has 0 fully saturated rings. The number of rotatable bonds is 6. The Morgan fingerprint density at radius 2 is 1.68 bits per heavy atom. The largest absolute Gasteiger partial charge is 0.508 e. The number of methoxy groups -OCH3 is 2. The Labute approximate surface area is 180 Å². The number of phenols is 1. The number of hydrogen-bond acceptors (Lipinski definition) is 6. The number of nitro groups is 1. The molecular weight excluding hydrogens is 396 g/mol. The molecule has 160 valence electrons. The lowest BCUT2D eigenvalue weighted by Crippen LogP contribution is -2.30. The van der Waals surface area contributed by atoms with Crippen molar-refractivity contribution in [3.63, 3.8) is 0 Å². The van der Waals surface area contributed by atoms with Crippen LogP contribution in [0.4, 0.5) is 5.69 Å². The normalized spacial score (nSPS) is 13.5. The maximum Gasteiger partial charge on any atom is 0.277 e. The van der Waals surface area contributed by atoms with Crippen molar-refractivity contribution >= 4 is 5.69 Å². The summed E-state index contributed by atoms with van der Waals surface area (Å²) in [6.45, 7) is 2.21. The fourth-order valence-corrected chi connectivity index (χ4v) is 4.05. The molecule has 1 aliphatic heterocycles. The summed E-state index contributed by atoms with van der Waals surface area (Å²) in [4.78, 5) is 13.6. The summed E-state index contributed by atoms with van der Waals surface area (Å²) in [6.07, 6.45) is 0.878. The van der Waals surface area contributed by atoms with E-state index in [0.29, 0.717) is 23.4 Å². The number of nitrogens with zero attached hydrogens (tertiary/aromatic N) is 2. The highest BCUT2D eigenvalue weighted by molar-refractivity contribution is 5.74. The van der Waals surface area contributed by atoms with Crippen LogP contribution in [0, 0.1) is 10.1 Å². The van der Waals surface area contributed by atoms with Gasteiger partial charge < -0.3 is 14.6 Å². The van der Waals surface area contributed by atoms with Gasteiger partial charge in [0.25, 0.3) is 5.69 Å². The predicted octanol–water partition coefficient (Wildman–Crippen LogP) is 4.54. The molecule has 0 spiro atoms. The molecule has 0 bridgehead atoms. The first-order valence-corrected chi connectivity index (χ1v) is 10.0. The van der Waals surface area contributed by atoms with Crippen LogP contribution in [0.2, 0.25) is 0 Å². The van der Waals surface area contributed by atoms with Crippen LogP contribution >= 0.6 is 0 Å². The third-order valence-corrected chi connectivity index (χ3v) is 5.64. The van der Waals surface area contributed by atoms with Crippen LogP contribution in [-0.4, -0.2) is 35.7 Å². The average molecular weight is 420 g/mol. The van der Waals surface area contributed by atoms with E-state index in [1.165, 1.54) is 23.3 Å². The molecule has 3 aromatic rings. The number of nitro benzene ring substituents is 1. The van der Waals surface area contributed by atoms with Gasteiger partial charge in [0.15, 0.2) is 11.5 Å². The Hall–Kier alpha value is -3.58. The van der Waals surface area contributed by atoms with Gasteiger partial charge in [-0.2, -0.15) is 0 Å². The van der Waals surface area contributed by atoms with E-state index < -0.39 is 0 Å². The van der Waals surface area contributed by atoms with Crippen LogP contribution in [-0.2, 0) is 19.5 Å². The fourth-order valence-electron chi connectivity index (χ4n) is 4.05. The van der Waals surface area contributed by atoms with Crippen LogP contribution in [0.3, 0.4) is 0 Å². The molecule has 0 atom stereocenters. The third kappa shape index (κ3) is 4.32. The summed E-state index contributed by atoms with van der Waals surface area (Å²) >= 11 is 0. The van der Waals surface area contributed by atoms with E-state index >= 15 is 0 Å². The van der Waals surface area contributed by atoms with Gasteiger partial charge in [0.1, 0.15) is 5.75 Å². The molecule has 1 heterocycles. The fraction of sp³-hybridized carbons (Fsp3) is 0.250. The molecule has 0 radical (unpaired) electrons.